The number of nitrogens with zero attached hydrogens (tertiary/aromatic N) is 2. The van der Waals surface area contributed by atoms with E-state index in [4.69, 9.17) is 15.2 Å². The van der Waals surface area contributed by atoms with Crippen molar-refractivity contribution >= 4 is 23.3 Å². The van der Waals surface area contributed by atoms with Crippen LogP contribution < -0.4 is 5.73 Å². The van der Waals surface area contributed by atoms with Gasteiger partial charge in [-0.3, -0.25) is 4.79 Å². The van der Waals surface area contributed by atoms with Crippen LogP contribution >= 0.6 is 11.5 Å². The predicted molar refractivity (Wildman–Crippen MR) is 92.0 cm³/mol. The van der Waals surface area contributed by atoms with E-state index in [0.717, 1.165) is 38.8 Å². The lowest BCUT2D eigenvalue weighted by atomic mass is 9.65. The number of nitrogens with two attached hydrogens (primary N) is 1. The SMILES string of the molecule is Nc1nscc1C(=O)N1CCC[C@@]2(C3=CCOCC3)COCC[C@H]12. The maximum absolute atomic E-state index is 13.1. The van der Waals surface area contributed by atoms with Gasteiger partial charge in [0.25, 0.3) is 5.91 Å². The number of anilines is 1. The van der Waals surface area contributed by atoms with Gasteiger partial charge in [-0.1, -0.05) is 11.6 Å². The van der Waals surface area contributed by atoms with Crippen molar-refractivity contribution in [1.82, 2.24) is 9.27 Å². The number of rotatable bonds is 2. The number of carbonyl (C=O) groups is 1. The van der Waals surface area contributed by atoms with Crippen molar-refractivity contribution in [3.8, 4) is 0 Å². The average Bonchev–Trinajstić information content (AvgIpc) is 3.07. The Morgan fingerprint density at radius 2 is 2.33 bits per heavy atom. The van der Waals surface area contributed by atoms with Gasteiger partial charge in [0, 0.05) is 30.0 Å². The molecule has 4 heterocycles. The normalized spacial score (nSPS) is 30.6. The highest BCUT2D eigenvalue weighted by atomic mass is 32.1. The number of nitrogen functional groups attached to an aromatic ring is 1. The first-order valence-electron chi connectivity index (χ1n) is 8.58. The Hall–Kier alpha value is -1.44. The fourth-order valence-electron chi connectivity index (χ4n) is 4.49. The number of fused-ring (bicyclic) bond motifs is 1. The molecule has 0 aliphatic carbocycles. The quantitative estimate of drug-likeness (QED) is 0.827. The first kappa shape index (κ1) is 16.1. The van der Waals surface area contributed by atoms with Crippen LogP contribution in [0.1, 0.15) is 36.0 Å². The highest BCUT2D eigenvalue weighted by Gasteiger charge is 2.50. The van der Waals surface area contributed by atoms with Crippen LogP contribution in [0.15, 0.2) is 17.0 Å². The van der Waals surface area contributed by atoms with Gasteiger partial charge in [0.1, 0.15) is 5.82 Å². The van der Waals surface area contributed by atoms with Crippen LogP contribution in [-0.4, -0.2) is 54.2 Å². The molecule has 2 saturated heterocycles. The number of aromatic nitrogens is 1. The minimum atomic E-state index is -0.0614. The second kappa shape index (κ2) is 6.46. The molecule has 2 atom stereocenters. The molecule has 4 rings (SSSR count). The molecule has 6 nitrogen and oxygen atoms in total. The molecule has 3 aliphatic heterocycles. The van der Waals surface area contributed by atoms with E-state index in [1.165, 1.54) is 17.1 Å². The van der Waals surface area contributed by atoms with E-state index in [1.807, 2.05) is 4.90 Å². The summed E-state index contributed by atoms with van der Waals surface area (Å²) in [5, 5.41) is 1.76. The van der Waals surface area contributed by atoms with Crippen LogP contribution in [0, 0.1) is 5.41 Å². The van der Waals surface area contributed by atoms with Crippen LogP contribution in [0.3, 0.4) is 0 Å². The molecule has 3 aliphatic rings. The summed E-state index contributed by atoms with van der Waals surface area (Å²) in [4.78, 5) is 15.1. The number of hydrogen-bond acceptors (Lipinski definition) is 6. The molecule has 1 amide bonds. The highest BCUT2D eigenvalue weighted by Crippen LogP contribution is 2.48. The third kappa shape index (κ3) is 2.55. The van der Waals surface area contributed by atoms with E-state index < -0.39 is 0 Å². The largest absolute Gasteiger partial charge is 0.382 e. The average molecular weight is 349 g/mol. The molecule has 24 heavy (non-hydrogen) atoms. The van der Waals surface area contributed by atoms with Gasteiger partial charge in [0.05, 0.1) is 25.4 Å². The van der Waals surface area contributed by atoms with Gasteiger partial charge in [-0.25, -0.2) is 0 Å². The van der Waals surface area contributed by atoms with Gasteiger partial charge in [-0.15, -0.1) is 0 Å². The number of piperidine rings is 1. The molecule has 1 aromatic heterocycles. The molecule has 0 saturated carbocycles. The fourth-order valence-corrected chi connectivity index (χ4v) is 5.08. The first-order chi connectivity index (χ1) is 11.7. The zero-order valence-electron chi connectivity index (χ0n) is 13.7. The summed E-state index contributed by atoms with van der Waals surface area (Å²) in [6, 6.07) is 0.177. The predicted octanol–water partition coefficient (Wildman–Crippen LogP) is 2.08. The third-order valence-corrected chi connectivity index (χ3v) is 6.27. The summed E-state index contributed by atoms with van der Waals surface area (Å²) in [5.41, 5.74) is 7.78. The summed E-state index contributed by atoms with van der Waals surface area (Å²) in [6.45, 7) is 3.61. The monoisotopic (exact) mass is 349 g/mol. The van der Waals surface area contributed by atoms with Crippen LogP contribution in [0.4, 0.5) is 5.82 Å². The lowest BCUT2D eigenvalue weighted by Gasteiger charge is -2.54. The summed E-state index contributed by atoms with van der Waals surface area (Å²) >= 11 is 1.24. The second-order valence-corrected chi connectivity index (χ2v) is 7.41. The van der Waals surface area contributed by atoms with Gasteiger partial charge in [-0.2, -0.15) is 4.37 Å². The van der Waals surface area contributed by atoms with Crippen molar-refractivity contribution in [2.45, 2.75) is 31.7 Å². The Morgan fingerprint density at radius 3 is 3.08 bits per heavy atom. The van der Waals surface area contributed by atoms with Gasteiger partial charge in [0.15, 0.2) is 0 Å². The Labute approximate surface area is 145 Å². The minimum Gasteiger partial charge on any atom is -0.382 e. The van der Waals surface area contributed by atoms with E-state index in [0.29, 0.717) is 31.2 Å². The van der Waals surface area contributed by atoms with Crippen LogP contribution in [0.5, 0.6) is 0 Å². The molecule has 0 spiro atoms. The van der Waals surface area contributed by atoms with Gasteiger partial charge in [0.2, 0.25) is 0 Å². The van der Waals surface area contributed by atoms with Crippen molar-refractivity contribution in [2.24, 2.45) is 5.41 Å². The van der Waals surface area contributed by atoms with Gasteiger partial charge < -0.3 is 20.1 Å². The molecule has 0 bridgehead atoms. The molecule has 7 heteroatoms. The zero-order valence-corrected chi connectivity index (χ0v) is 14.5. The molecule has 0 unspecified atom stereocenters. The lowest BCUT2D eigenvalue weighted by molar-refractivity contribution is -0.0738. The topological polar surface area (TPSA) is 77.7 Å². The van der Waals surface area contributed by atoms with Crippen LogP contribution in [-0.2, 0) is 9.47 Å². The van der Waals surface area contributed by atoms with Crippen molar-refractivity contribution in [3.05, 3.63) is 22.6 Å². The van der Waals surface area contributed by atoms with Gasteiger partial charge in [-0.05, 0) is 37.2 Å². The van der Waals surface area contributed by atoms with Crippen LogP contribution in [0.2, 0.25) is 0 Å². The standard InChI is InChI=1S/C17H23N3O3S/c18-15-13(10-24-19-15)16(21)20-6-1-5-17(11-23-9-4-14(17)20)12-2-7-22-8-3-12/h2,10,14H,1,3-9,11H2,(H2,18,19)/t14-,17-/m0/s1. The number of amides is 1. The van der Waals surface area contributed by atoms with E-state index in [-0.39, 0.29) is 17.4 Å². The molecule has 0 aromatic carbocycles. The van der Waals surface area contributed by atoms with E-state index in [2.05, 4.69) is 10.4 Å². The summed E-state index contributed by atoms with van der Waals surface area (Å²) in [6.07, 6.45) is 6.08. The smallest absolute Gasteiger partial charge is 0.258 e. The Bertz CT molecular complexity index is 655. The second-order valence-electron chi connectivity index (χ2n) is 6.78. The maximum Gasteiger partial charge on any atom is 0.258 e. The number of ether oxygens (including phenoxy) is 2. The maximum atomic E-state index is 13.1. The van der Waals surface area contributed by atoms with Crippen LogP contribution in [0.25, 0.3) is 0 Å². The third-order valence-electron chi connectivity index (χ3n) is 5.62. The molecule has 2 fully saturated rings. The molecule has 0 radical (unpaired) electrons. The number of hydrogen-bond donors (Lipinski definition) is 1. The van der Waals surface area contributed by atoms with Gasteiger partial charge >= 0.3 is 0 Å². The molecule has 130 valence electrons. The lowest BCUT2D eigenvalue weighted by Crippen LogP contribution is -2.59. The highest BCUT2D eigenvalue weighted by molar-refractivity contribution is 7.04. The number of likely N-dealkylation sites (tertiary alicyclic amines) is 1. The van der Waals surface area contributed by atoms with Crippen molar-refractivity contribution in [1.29, 1.82) is 0 Å². The van der Waals surface area contributed by atoms with E-state index in [9.17, 15) is 4.79 Å². The molecular weight excluding hydrogens is 326 g/mol. The van der Waals surface area contributed by atoms with E-state index >= 15 is 0 Å². The first-order valence-corrected chi connectivity index (χ1v) is 9.42. The minimum absolute atomic E-state index is 0.0184. The Morgan fingerprint density at radius 1 is 1.42 bits per heavy atom. The Balaban J connectivity index is 1.68. The summed E-state index contributed by atoms with van der Waals surface area (Å²) in [7, 11) is 0. The van der Waals surface area contributed by atoms with Crippen molar-refractivity contribution < 1.29 is 14.3 Å². The number of carbonyl (C=O) groups excluding carboxylic acids is 1. The fraction of sp³-hybridized carbons (Fsp3) is 0.647. The van der Waals surface area contributed by atoms with Crippen molar-refractivity contribution in [3.63, 3.8) is 0 Å². The zero-order chi connectivity index (χ0) is 16.6. The van der Waals surface area contributed by atoms with E-state index in [1.54, 1.807) is 5.38 Å². The summed E-state index contributed by atoms with van der Waals surface area (Å²) < 4.78 is 15.4. The molecule has 1 aromatic rings. The molecule has 2 N–H and O–H groups in total. The summed E-state index contributed by atoms with van der Waals surface area (Å²) in [5.74, 6) is 0.364. The van der Waals surface area contributed by atoms with Crippen molar-refractivity contribution in [2.75, 3.05) is 38.7 Å². The molecular formula is C17H23N3O3S. The Kier molecular flexibility index (Phi) is 4.32.